The molecule has 0 radical (unpaired) electrons. The van der Waals surface area contributed by atoms with Crippen LogP contribution in [0.25, 0.3) is 10.8 Å². The summed E-state index contributed by atoms with van der Waals surface area (Å²) in [5, 5.41) is 2.24. The normalized spacial score (nSPS) is 10.5. The molecule has 0 aliphatic rings. The van der Waals surface area contributed by atoms with Crippen molar-refractivity contribution in [2.24, 2.45) is 0 Å². The predicted molar refractivity (Wildman–Crippen MR) is 91.9 cm³/mol. The highest BCUT2D eigenvalue weighted by Gasteiger charge is 2.17. The molecule has 0 saturated carbocycles. The molecule has 0 aliphatic carbocycles. The molecule has 0 bridgehead atoms. The lowest BCUT2D eigenvalue weighted by Gasteiger charge is -2.19. The van der Waals surface area contributed by atoms with Gasteiger partial charge in [-0.25, -0.2) is 4.98 Å². The number of rotatable bonds is 4. The fourth-order valence-corrected chi connectivity index (χ4v) is 2.64. The molecular formula is C19H18N2O2. The van der Waals surface area contributed by atoms with Gasteiger partial charge < -0.3 is 4.74 Å². The number of fused-ring (bicyclic) bond motifs is 1. The number of anilines is 1. The fraction of sp³-hybridized carbons (Fsp3) is 0.158. The summed E-state index contributed by atoms with van der Waals surface area (Å²) in [6.07, 6.45) is 1.97. The van der Waals surface area contributed by atoms with Crippen molar-refractivity contribution >= 4 is 22.5 Å². The number of ether oxygens (including phenoxy) is 1. The molecule has 0 aliphatic heterocycles. The zero-order chi connectivity index (χ0) is 16.2. The maximum atomic E-state index is 12.7. The average molecular weight is 306 g/mol. The van der Waals surface area contributed by atoms with Gasteiger partial charge >= 0.3 is 0 Å². The highest BCUT2D eigenvalue weighted by Crippen LogP contribution is 2.25. The lowest BCUT2D eigenvalue weighted by Crippen LogP contribution is -2.29. The second-order valence-corrected chi connectivity index (χ2v) is 5.30. The number of hydrogen-bond donors (Lipinski definition) is 0. The van der Waals surface area contributed by atoms with Gasteiger partial charge in [0.25, 0.3) is 0 Å². The Bertz CT molecular complexity index is 840. The van der Waals surface area contributed by atoms with Gasteiger partial charge in [0, 0.05) is 13.2 Å². The zero-order valence-corrected chi connectivity index (χ0v) is 13.2. The standard InChI is InChI=1S/C19H18N2O2/c1-21(19-17(23-2)11-6-12-20-19)18(22)13-15-9-5-8-14-7-3-4-10-16(14)15/h3-12H,13H2,1-2H3. The Morgan fingerprint density at radius 3 is 2.70 bits per heavy atom. The molecule has 1 heterocycles. The molecule has 0 spiro atoms. The van der Waals surface area contributed by atoms with Gasteiger partial charge in [0.05, 0.1) is 13.5 Å². The molecule has 23 heavy (non-hydrogen) atoms. The molecule has 0 unspecified atom stereocenters. The van der Waals surface area contributed by atoms with Crippen LogP contribution in [0.3, 0.4) is 0 Å². The first kappa shape index (κ1) is 15.0. The number of methoxy groups -OCH3 is 1. The first-order valence-corrected chi connectivity index (χ1v) is 7.43. The number of carbonyl (C=O) groups excluding carboxylic acids is 1. The molecule has 0 fully saturated rings. The number of hydrogen-bond acceptors (Lipinski definition) is 3. The number of benzene rings is 2. The topological polar surface area (TPSA) is 42.4 Å². The Morgan fingerprint density at radius 2 is 1.87 bits per heavy atom. The lowest BCUT2D eigenvalue weighted by atomic mass is 10.0. The van der Waals surface area contributed by atoms with Crippen LogP contribution >= 0.6 is 0 Å². The van der Waals surface area contributed by atoms with Crippen LogP contribution in [0.5, 0.6) is 5.75 Å². The highest BCUT2D eigenvalue weighted by atomic mass is 16.5. The molecule has 1 amide bonds. The van der Waals surface area contributed by atoms with E-state index in [2.05, 4.69) is 17.1 Å². The summed E-state index contributed by atoms with van der Waals surface area (Å²) in [5.74, 6) is 1.08. The number of amides is 1. The van der Waals surface area contributed by atoms with E-state index in [9.17, 15) is 4.79 Å². The monoisotopic (exact) mass is 306 g/mol. The first-order valence-electron chi connectivity index (χ1n) is 7.43. The third-order valence-electron chi connectivity index (χ3n) is 3.88. The summed E-state index contributed by atoms with van der Waals surface area (Å²) >= 11 is 0. The van der Waals surface area contributed by atoms with Gasteiger partial charge in [-0.05, 0) is 28.5 Å². The van der Waals surface area contributed by atoms with Crippen LogP contribution in [0.1, 0.15) is 5.56 Å². The van der Waals surface area contributed by atoms with E-state index in [0.717, 1.165) is 16.3 Å². The van der Waals surface area contributed by atoms with Gasteiger partial charge in [-0.2, -0.15) is 0 Å². The van der Waals surface area contributed by atoms with Crippen molar-refractivity contribution in [2.75, 3.05) is 19.1 Å². The van der Waals surface area contributed by atoms with Crippen molar-refractivity contribution in [3.05, 3.63) is 66.4 Å². The number of aromatic nitrogens is 1. The molecule has 1 aromatic heterocycles. The van der Waals surface area contributed by atoms with Gasteiger partial charge in [-0.1, -0.05) is 42.5 Å². The lowest BCUT2D eigenvalue weighted by molar-refractivity contribution is -0.117. The van der Waals surface area contributed by atoms with E-state index in [0.29, 0.717) is 18.0 Å². The van der Waals surface area contributed by atoms with Crippen LogP contribution in [0.4, 0.5) is 5.82 Å². The van der Waals surface area contributed by atoms with Crippen LogP contribution in [-0.2, 0) is 11.2 Å². The quantitative estimate of drug-likeness (QED) is 0.741. The smallest absolute Gasteiger partial charge is 0.232 e. The number of likely N-dealkylation sites (N-methyl/N-ethyl adjacent to an activating group) is 1. The Morgan fingerprint density at radius 1 is 1.09 bits per heavy atom. The van der Waals surface area contributed by atoms with Crippen molar-refractivity contribution in [1.82, 2.24) is 4.98 Å². The van der Waals surface area contributed by atoms with Crippen LogP contribution in [0.15, 0.2) is 60.8 Å². The number of pyridine rings is 1. The molecule has 4 nitrogen and oxygen atoms in total. The minimum atomic E-state index is -0.0293. The molecule has 0 saturated heterocycles. The van der Waals surface area contributed by atoms with Gasteiger partial charge in [-0.3, -0.25) is 9.69 Å². The van der Waals surface area contributed by atoms with Crippen molar-refractivity contribution in [1.29, 1.82) is 0 Å². The Hall–Kier alpha value is -2.88. The van der Waals surface area contributed by atoms with Crippen LogP contribution in [-0.4, -0.2) is 25.0 Å². The Kier molecular flexibility index (Phi) is 4.24. The van der Waals surface area contributed by atoms with E-state index in [1.165, 1.54) is 0 Å². The van der Waals surface area contributed by atoms with Crippen LogP contribution in [0, 0.1) is 0 Å². The maximum absolute atomic E-state index is 12.7. The molecular weight excluding hydrogens is 288 g/mol. The average Bonchev–Trinajstić information content (AvgIpc) is 2.61. The van der Waals surface area contributed by atoms with Crippen LogP contribution < -0.4 is 9.64 Å². The summed E-state index contributed by atoms with van der Waals surface area (Å²) in [7, 11) is 3.29. The molecule has 4 heteroatoms. The summed E-state index contributed by atoms with van der Waals surface area (Å²) < 4.78 is 5.28. The van der Waals surface area contributed by atoms with E-state index in [1.807, 2.05) is 30.3 Å². The Balaban J connectivity index is 1.89. The third-order valence-corrected chi connectivity index (χ3v) is 3.88. The van der Waals surface area contributed by atoms with Crippen molar-refractivity contribution < 1.29 is 9.53 Å². The van der Waals surface area contributed by atoms with E-state index < -0.39 is 0 Å². The van der Waals surface area contributed by atoms with Gasteiger partial charge in [0.15, 0.2) is 11.6 Å². The summed E-state index contributed by atoms with van der Waals surface area (Å²) in [4.78, 5) is 18.5. The zero-order valence-electron chi connectivity index (χ0n) is 13.2. The molecule has 3 aromatic rings. The highest BCUT2D eigenvalue weighted by molar-refractivity contribution is 5.97. The van der Waals surface area contributed by atoms with E-state index >= 15 is 0 Å². The second kappa shape index (κ2) is 6.48. The molecule has 3 rings (SSSR count). The van der Waals surface area contributed by atoms with Crippen molar-refractivity contribution in [3.63, 3.8) is 0 Å². The molecule has 2 aromatic carbocycles. The van der Waals surface area contributed by atoms with Crippen molar-refractivity contribution in [2.45, 2.75) is 6.42 Å². The SMILES string of the molecule is COc1cccnc1N(C)C(=O)Cc1cccc2ccccc12. The second-order valence-electron chi connectivity index (χ2n) is 5.30. The summed E-state index contributed by atoms with van der Waals surface area (Å²) in [5.41, 5.74) is 1.01. The molecule has 116 valence electrons. The minimum absolute atomic E-state index is 0.0293. The Labute approximate surface area is 135 Å². The number of nitrogens with zero attached hydrogens (tertiary/aromatic N) is 2. The van der Waals surface area contributed by atoms with Crippen LogP contribution in [0.2, 0.25) is 0 Å². The van der Waals surface area contributed by atoms with E-state index in [4.69, 9.17) is 4.74 Å². The summed E-state index contributed by atoms with van der Waals surface area (Å²) in [6.45, 7) is 0. The largest absolute Gasteiger partial charge is 0.493 e. The van der Waals surface area contributed by atoms with Gasteiger partial charge in [0.2, 0.25) is 5.91 Å². The summed E-state index contributed by atoms with van der Waals surface area (Å²) in [6, 6.07) is 17.7. The first-order chi connectivity index (χ1) is 11.2. The molecule has 0 N–H and O–H groups in total. The fourth-order valence-electron chi connectivity index (χ4n) is 2.64. The van der Waals surface area contributed by atoms with E-state index in [-0.39, 0.29) is 5.91 Å². The number of carbonyl (C=O) groups is 1. The molecule has 0 atom stereocenters. The minimum Gasteiger partial charge on any atom is -0.493 e. The van der Waals surface area contributed by atoms with Gasteiger partial charge in [0.1, 0.15) is 0 Å². The van der Waals surface area contributed by atoms with Crippen molar-refractivity contribution in [3.8, 4) is 5.75 Å². The maximum Gasteiger partial charge on any atom is 0.232 e. The predicted octanol–water partition coefficient (Wildman–Crippen LogP) is 3.45. The van der Waals surface area contributed by atoms with Gasteiger partial charge in [-0.15, -0.1) is 0 Å². The van der Waals surface area contributed by atoms with E-state index in [1.54, 1.807) is 37.4 Å². The third kappa shape index (κ3) is 3.01.